The average Bonchev–Trinajstić information content (AvgIpc) is 3.05. The largest absolute Gasteiger partial charge is 0.497 e. The number of methoxy groups -OCH3 is 2. The van der Waals surface area contributed by atoms with Crippen LogP contribution in [0.1, 0.15) is 32.9 Å². The summed E-state index contributed by atoms with van der Waals surface area (Å²) in [5.41, 5.74) is 6.96. The van der Waals surface area contributed by atoms with Crippen molar-refractivity contribution >= 4 is 12.1 Å². The van der Waals surface area contributed by atoms with Gasteiger partial charge in [-0.15, -0.1) is 0 Å². The number of benzene rings is 2. The van der Waals surface area contributed by atoms with Gasteiger partial charge in [0.15, 0.2) is 0 Å². The summed E-state index contributed by atoms with van der Waals surface area (Å²) in [7, 11) is 3.16. The number of aryl methyl sites for hydroxylation is 2. The number of carbonyl (C=O) groups is 1. The molecule has 0 spiro atoms. The molecule has 29 heavy (non-hydrogen) atoms. The number of nitrogens with one attached hydrogen (secondary N) is 1. The van der Waals surface area contributed by atoms with E-state index < -0.39 is 0 Å². The Balaban J connectivity index is 1.62. The van der Waals surface area contributed by atoms with Gasteiger partial charge >= 0.3 is 0 Å². The van der Waals surface area contributed by atoms with Crippen LogP contribution in [-0.4, -0.2) is 36.1 Å². The van der Waals surface area contributed by atoms with Gasteiger partial charge in [-0.25, -0.2) is 5.43 Å². The van der Waals surface area contributed by atoms with Gasteiger partial charge in [0.2, 0.25) is 0 Å². The molecule has 0 aliphatic rings. The Morgan fingerprint density at radius 2 is 1.86 bits per heavy atom. The quantitative estimate of drug-likeness (QED) is 0.494. The third kappa shape index (κ3) is 5.01. The number of nitrogens with zero attached hydrogens (tertiary/aromatic N) is 3. The monoisotopic (exact) mass is 392 g/mol. The molecule has 150 valence electrons. The third-order valence-corrected chi connectivity index (χ3v) is 4.46. The summed E-state index contributed by atoms with van der Waals surface area (Å²) >= 11 is 0. The van der Waals surface area contributed by atoms with Gasteiger partial charge in [0.25, 0.3) is 5.91 Å². The summed E-state index contributed by atoms with van der Waals surface area (Å²) in [6, 6.07) is 14.8. The van der Waals surface area contributed by atoms with E-state index in [1.807, 2.05) is 36.7 Å². The smallest absolute Gasteiger partial charge is 0.271 e. The molecule has 0 fully saturated rings. The number of rotatable bonds is 7. The molecule has 0 unspecified atom stereocenters. The first-order valence-corrected chi connectivity index (χ1v) is 9.15. The molecule has 2 aromatic carbocycles. The molecule has 1 N–H and O–H groups in total. The van der Waals surface area contributed by atoms with Crippen molar-refractivity contribution in [3.05, 3.63) is 76.6 Å². The molecule has 0 radical (unpaired) electrons. The number of hydrazone groups is 1. The van der Waals surface area contributed by atoms with E-state index in [-0.39, 0.29) is 5.91 Å². The number of ether oxygens (including phenoxy) is 2. The molecular formula is C22H24N4O3. The molecule has 1 heterocycles. The number of carbonyl (C=O) groups excluding carboxylic acids is 1. The van der Waals surface area contributed by atoms with Crippen LogP contribution in [0.3, 0.4) is 0 Å². The van der Waals surface area contributed by atoms with E-state index >= 15 is 0 Å². The maximum atomic E-state index is 12.3. The Morgan fingerprint density at radius 1 is 1.10 bits per heavy atom. The number of hydrogen-bond donors (Lipinski definition) is 1. The maximum absolute atomic E-state index is 12.3. The Hall–Kier alpha value is -3.61. The predicted octanol–water partition coefficient (Wildman–Crippen LogP) is 3.33. The number of amides is 1. The van der Waals surface area contributed by atoms with Crippen LogP contribution in [-0.2, 0) is 6.54 Å². The van der Waals surface area contributed by atoms with E-state index in [0.717, 1.165) is 22.5 Å². The van der Waals surface area contributed by atoms with Crippen molar-refractivity contribution in [1.29, 1.82) is 0 Å². The van der Waals surface area contributed by atoms with Crippen molar-refractivity contribution in [2.75, 3.05) is 14.2 Å². The summed E-state index contributed by atoms with van der Waals surface area (Å²) in [6.45, 7) is 4.66. The maximum Gasteiger partial charge on any atom is 0.271 e. The second-order valence-electron chi connectivity index (χ2n) is 6.59. The van der Waals surface area contributed by atoms with Crippen LogP contribution in [0.25, 0.3) is 0 Å². The van der Waals surface area contributed by atoms with Gasteiger partial charge in [-0.2, -0.15) is 10.2 Å². The minimum atomic E-state index is -0.286. The summed E-state index contributed by atoms with van der Waals surface area (Å²) in [5.74, 6) is 1.01. The second-order valence-corrected chi connectivity index (χ2v) is 6.59. The molecule has 7 nitrogen and oxygen atoms in total. The van der Waals surface area contributed by atoms with Gasteiger partial charge in [-0.1, -0.05) is 12.1 Å². The van der Waals surface area contributed by atoms with Gasteiger partial charge in [0, 0.05) is 22.9 Å². The minimum absolute atomic E-state index is 0.286. The Labute approximate surface area is 170 Å². The lowest BCUT2D eigenvalue weighted by Crippen LogP contribution is -2.17. The van der Waals surface area contributed by atoms with Crippen LogP contribution in [0.2, 0.25) is 0 Å². The first-order chi connectivity index (χ1) is 14.0. The third-order valence-electron chi connectivity index (χ3n) is 4.46. The van der Waals surface area contributed by atoms with Crippen LogP contribution in [0.15, 0.2) is 53.6 Å². The highest BCUT2D eigenvalue weighted by molar-refractivity contribution is 5.95. The molecule has 3 aromatic rings. The molecule has 1 aromatic heterocycles. The van der Waals surface area contributed by atoms with E-state index in [4.69, 9.17) is 9.47 Å². The highest BCUT2D eigenvalue weighted by atomic mass is 16.5. The van der Waals surface area contributed by atoms with Crippen LogP contribution in [0, 0.1) is 13.8 Å². The van der Waals surface area contributed by atoms with Crippen LogP contribution < -0.4 is 14.9 Å². The molecule has 0 bridgehead atoms. The van der Waals surface area contributed by atoms with Gasteiger partial charge in [0.1, 0.15) is 11.5 Å². The zero-order chi connectivity index (χ0) is 20.8. The lowest BCUT2D eigenvalue weighted by atomic mass is 10.1. The highest BCUT2D eigenvalue weighted by Gasteiger charge is 2.07. The fourth-order valence-corrected chi connectivity index (χ4v) is 2.92. The lowest BCUT2D eigenvalue weighted by molar-refractivity contribution is 0.0955. The summed E-state index contributed by atoms with van der Waals surface area (Å²) in [6.07, 6.45) is 1.54. The fraction of sp³-hybridized carbons (Fsp3) is 0.227. The van der Waals surface area contributed by atoms with Crippen molar-refractivity contribution in [2.45, 2.75) is 20.4 Å². The zero-order valence-corrected chi connectivity index (χ0v) is 17.0. The Kier molecular flexibility index (Phi) is 6.29. The normalized spacial score (nSPS) is 10.9. The van der Waals surface area contributed by atoms with Gasteiger partial charge in [0.05, 0.1) is 32.7 Å². The van der Waals surface area contributed by atoms with E-state index in [1.165, 1.54) is 6.21 Å². The molecule has 3 rings (SSSR count). The van der Waals surface area contributed by atoms with Gasteiger partial charge in [-0.3, -0.25) is 9.48 Å². The SMILES string of the molecule is COc1ccc(C=NNC(=O)c2ccc(Cn3nc(C)cc3C)cc2)c(OC)c1. The van der Waals surface area contributed by atoms with Crippen molar-refractivity contribution in [1.82, 2.24) is 15.2 Å². The van der Waals surface area contributed by atoms with Gasteiger partial charge < -0.3 is 9.47 Å². The molecule has 0 saturated carbocycles. The first kappa shape index (κ1) is 20.1. The average molecular weight is 392 g/mol. The van der Waals surface area contributed by atoms with Crippen LogP contribution >= 0.6 is 0 Å². The first-order valence-electron chi connectivity index (χ1n) is 9.15. The number of hydrogen-bond acceptors (Lipinski definition) is 5. The van der Waals surface area contributed by atoms with Gasteiger partial charge in [-0.05, 0) is 49.7 Å². The van der Waals surface area contributed by atoms with Crippen molar-refractivity contribution in [3.8, 4) is 11.5 Å². The summed E-state index contributed by atoms with van der Waals surface area (Å²) < 4.78 is 12.4. The van der Waals surface area contributed by atoms with Crippen molar-refractivity contribution in [3.63, 3.8) is 0 Å². The van der Waals surface area contributed by atoms with E-state index in [2.05, 4.69) is 15.6 Å². The van der Waals surface area contributed by atoms with Crippen molar-refractivity contribution < 1.29 is 14.3 Å². The molecule has 0 atom stereocenters. The van der Waals surface area contributed by atoms with E-state index in [0.29, 0.717) is 23.6 Å². The predicted molar refractivity (Wildman–Crippen MR) is 112 cm³/mol. The molecule has 1 amide bonds. The Morgan fingerprint density at radius 3 is 2.48 bits per heavy atom. The van der Waals surface area contributed by atoms with Crippen molar-refractivity contribution in [2.24, 2.45) is 5.10 Å². The molecule has 7 heteroatoms. The minimum Gasteiger partial charge on any atom is -0.497 e. The molecule has 0 aliphatic carbocycles. The lowest BCUT2D eigenvalue weighted by Gasteiger charge is -2.07. The molecule has 0 aliphatic heterocycles. The Bertz CT molecular complexity index is 1020. The van der Waals surface area contributed by atoms with Crippen LogP contribution in [0.4, 0.5) is 0 Å². The molecular weight excluding hydrogens is 368 g/mol. The second kappa shape index (κ2) is 9.05. The summed E-state index contributed by atoms with van der Waals surface area (Å²) in [5, 5.41) is 8.48. The topological polar surface area (TPSA) is 77.7 Å². The summed E-state index contributed by atoms with van der Waals surface area (Å²) in [4.78, 5) is 12.3. The van der Waals surface area contributed by atoms with E-state index in [9.17, 15) is 4.79 Å². The zero-order valence-electron chi connectivity index (χ0n) is 17.0. The number of aromatic nitrogens is 2. The van der Waals surface area contributed by atoms with Crippen LogP contribution in [0.5, 0.6) is 11.5 Å². The standard InChI is InChI=1S/C22H24N4O3/c1-15-11-16(2)26(25-15)14-17-5-7-18(8-6-17)22(27)24-23-13-19-9-10-20(28-3)12-21(19)29-4/h5-13H,14H2,1-4H3,(H,24,27). The van der Waals surface area contributed by atoms with E-state index in [1.54, 1.807) is 44.6 Å². The fourth-order valence-electron chi connectivity index (χ4n) is 2.92. The highest BCUT2D eigenvalue weighted by Crippen LogP contribution is 2.23. The molecule has 0 saturated heterocycles.